The second kappa shape index (κ2) is 13.4. The van der Waals surface area contributed by atoms with E-state index in [0.29, 0.717) is 18.8 Å². The summed E-state index contributed by atoms with van der Waals surface area (Å²) in [6.07, 6.45) is 5.03. The van der Waals surface area contributed by atoms with E-state index in [2.05, 4.69) is 15.6 Å². The maximum Gasteiger partial charge on any atom is 0.250 e. The van der Waals surface area contributed by atoms with Crippen molar-refractivity contribution in [2.24, 2.45) is 5.73 Å². The third-order valence-corrected chi connectivity index (χ3v) is 6.82. The molecule has 1 fully saturated rings. The second-order valence-electron chi connectivity index (χ2n) is 10.7. The van der Waals surface area contributed by atoms with Crippen molar-refractivity contribution in [3.63, 3.8) is 0 Å². The van der Waals surface area contributed by atoms with Gasteiger partial charge >= 0.3 is 0 Å². The number of amides is 3. The molecule has 11 heteroatoms. The van der Waals surface area contributed by atoms with E-state index in [-0.39, 0.29) is 24.9 Å². The van der Waals surface area contributed by atoms with Crippen LogP contribution in [-0.4, -0.2) is 70.6 Å². The van der Waals surface area contributed by atoms with Gasteiger partial charge < -0.3 is 35.3 Å². The lowest BCUT2D eigenvalue weighted by atomic mass is 10.0. The normalized spacial score (nSPS) is 14.8. The van der Waals surface area contributed by atoms with E-state index in [1.807, 2.05) is 59.5 Å². The minimum Gasteiger partial charge on any atom is -0.497 e. The zero-order chi connectivity index (χ0) is 29.4. The number of hydrogen-bond donors (Lipinski definition) is 3. The highest BCUT2D eigenvalue weighted by Crippen LogP contribution is 2.27. The van der Waals surface area contributed by atoms with Gasteiger partial charge in [-0.1, -0.05) is 42.5 Å². The highest BCUT2D eigenvalue weighted by Gasteiger charge is 2.31. The van der Waals surface area contributed by atoms with Gasteiger partial charge in [-0.2, -0.15) is 0 Å². The van der Waals surface area contributed by atoms with Crippen molar-refractivity contribution in [1.29, 1.82) is 0 Å². The molecular formula is C30H38N6O5. The molecule has 2 atom stereocenters. The molecule has 1 aromatic heterocycles. The molecule has 41 heavy (non-hydrogen) atoms. The summed E-state index contributed by atoms with van der Waals surface area (Å²) in [7, 11) is 1.58. The van der Waals surface area contributed by atoms with Crippen LogP contribution in [0.5, 0.6) is 5.75 Å². The summed E-state index contributed by atoms with van der Waals surface area (Å²) in [4.78, 5) is 45.7. The Balaban J connectivity index is 1.52. The summed E-state index contributed by atoms with van der Waals surface area (Å²) in [6, 6.07) is 15.1. The molecular weight excluding hydrogens is 524 g/mol. The molecule has 3 amide bonds. The number of methoxy groups -OCH3 is 1. The van der Waals surface area contributed by atoms with Crippen molar-refractivity contribution < 1.29 is 23.9 Å². The van der Waals surface area contributed by atoms with Gasteiger partial charge in [-0.3, -0.25) is 14.4 Å². The lowest BCUT2D eigenvalue weighted by Crippen LogP contribution is -2.56. The van der Waals surface area contributed by atoms with E-state index in [9.17, 15) is 14.4 Å². The molecule has 11 nitrogen and oxygen atoms in total. The van der Waals surface area contributed by atoms with Gasteiger partial charge in [0, 0.05) is 19.3 Å². The standard InChI is InChI=1S/C30H38N6O5/c1-30(2,31)29(39)33-24(19-41-18-21-10-5-4-6-11-21)27(37)34-25-17-36(20-32-25)26(28(38)35-14-7-8-15-35)22-12-9-13-23(16-22)40-3/h4-6,9-13,16-17,20,24,26H,7-8,14-15,18-19,31H2,1-3H3,(H,33,39)(H,34,37)/t24-,26?/m1/s1. The number of nitrogens with two attached hydrogens (primary N) is 1. The molecule has 2 aromatic carbocycles. The molecule has 2 heterocycles. The van der Waals surface area contributed by atoms with Gasteiger partial charge in [-0.15, -0.1) is 0 Å². The number of ether oxygens (including phenoxy) is 2. The zero-order valence-electron chi connectivity index (χ0n) is 23.7. The van der Waals surface area contributed by atoms with Crippen LogP contribution >= 0.6 is 0 Å². The number of aromatic nitrogens is 2. The van der Waals surface area contributed by atoms with Gasteiger partial charge in [0.2, 0.25) is 11.8 Å². The SMILES string of the molecule is COc1cccc(C(C(=O)N2CCCC2)n2cnc(NC(=O)[C@@H](COCc3ccccc3)NC(=O)C(C)(C)N)c2)c1. The number of likely N-dealkylation sites (tertiary alicyclic amines) is 1. The minimum atomic E-state index is -1.20. The first-order chi connectivity index (χ1) is 19.7. The Morgan fingerprint density at radius 1 is 1.07 bits per heavy atom. The van der Waals surface area contributed by atoms with E-state index in [1.54, 1.807) is 31.7 Å². The molecule has 0 spiro atoms. The lowest BCUT2D eigenvalue weighted by molar-refractivity contribution is -0.132. The average Bonchev–Trinajstić information content (AvgIpc) is 3.66. The molecule has 0 saturated carbocycles. The molecule has 1 unspecified atom stereocenters. The maximum atomic E-state index is 13.6. The third-order valence-electron chi connectivity index (χ3n) is 6.82. The number of anilines is 1. The molecule has 0 aliphatic carbocycles. The lowest BCUT2D eigenvalue weighted by Gasteiger charge is -2.25. The number of imidazole rings is 1. The Bertz CT molecular complexity index is 1330. The van der Waals surface area contributed by atoms with Crippen molar-refractivity contribution in [3.05, 3.63) is 78.2 Å². The van der Waals surface area contributed by atoms with Crippen LogP contribution in [0.2, 0.25) is 0 Å². The summed E-state index contributed by atoms with van der Waals surface area (Å²) in [5.74, 6) is -0.222. The Labute approximate surface area is 240 Å². The van der Waals surface area contributed by atoms with E-state index in [4.69, 9.17) is 15.2 Å². The number of carbonyl (C=O) groups excluding carboxylic acids is 3. The number of hydrogen-bond acceptors (Lipinski definition) is 7. The smallest absolute Gasteiger partial charge is 0.250 e. The average molecular weight is 563 g/mol. The van der Waals surface area contributed by atoms with Crippen LogP contribution in [0.1, 0.15) is 43.9 Å². The first kappa shape index (κ1) is 29.8. The number of benzene rings is 2. The highest BCUT2D eigenvalue weighted by atomic mass is 16.5. The van der Waals surface area contributed by atoms with Gasteiger partial charge in [-0.05, 0) is 49.9 Å². The van der Waals surface area contributed by atoms with Crippen LogP contribution in [0.25, 0.3) is 0 Å². The van der Waals surface area contributed by atoms with Crippen molar-refractivity contribution in [2.45, 2.75) is 50.9 Å². The summed E-state index contributed by atoms with van der Waals surface area (Å²) >= 11 is 0. The molecule has 4 N–H and O–H groups in total. The van der Waals surface area contributed by atoms with Gasteiger partial charge in [-0.25, -0.2) is 4.98 Å². The number of nitrogens with zero attached hydrogens (tertiary/aromatic N) is 3. The van der Waals surface area contributed by atoms with Crippen LogP contribution in [0, 0.1) is 0 Å². The van der Waals surface area contributed by atoms with Crippen LogP contribution in [0.4, 0.5) is 5.82 Å². The minimum absolute atomic E-state index is 0.0596. The van der Waals surface area contributed by atoms with E-state index in [0.717, 1.165) is 24.0 Å². The Morgan fingerprint density at radius 3 is 2.49 bits per heavy atom. The van der Waals surface area contributed by atoms with E-state index >= 15 is 0 Å². The second-order valence-corrected chi connectivity index (χ2v) is 10.7. The van der Waals surface area contributed by atoms with Crippen LogP contribution < -0.4 is 21.1 Å². The molecule has 1 saturated heterocycles. The fourth-order valence-electron chi connectivity index (χ4n) is 4.52. The molecule has 1 aliphatic heterocycles. The predicted molar refractivity (Wildman–Crippen MR) is 154 cm³/mol. The number of carbonyl (C=O) groups is 3. The van der Waals surface area contributed by atoms with Gasteiger partial charge in [0.15, 0.2) is 5.82 Å². The molecule has 1 aliphatic rings. The number of rotatable bonds is 12. The molecule has 0 radical (unpaired) electrons. The Hall–Kier alpha value is -4.22. The molecule has 3 aromatic rings. The van der Waals surface area contributed by atoms with E-state index in [1.165, 1.54) is 6.33 Å². The monoisotopic (exact) mass is 562 g/mol. The van der Waals surface area contributed by atoms with Crippen LogP contribution in [0.15, 0.2) is 67.1 Å². The third kappa shape index (κ3) is 7.92. The van der Waals surface area contributed by atoms with Gasteiger partial charge in [0.1, 0.15) is 17.8 Å². The van der Waals surface area contributed by atoms with Crippen LogP contribution in [0.3, 0.4) is 0 Å². The quantitative estimate of drug-likeness (QED) is 0.308. The summed E-state index contributed by atoms with van der Waals surface area (Å²) in [5.41, 5.74) is 6.42. The predicted octanol–water partition coefficient (Wildman–Crippen LogP) is 2.48. The fraction of sp³-hybridized carbons (Fsp3) is 0.400. The Morgan fingerprint density at radius 2 is 1.80 bits per heavy atom. The summed E-state index contributed by atoms with van der Waals surface area (Å²) in [5, 5.41) is 5.43. The first-order valence-electron chi connectivity index (χ1n) is 13.6. The summed E-state index contributed by atoms with van der Waals surface area (Å²) < 4.78 is 12.8. The molecule has 0 bridgehead atoms. The summed E-state index contributed by atoms with van der Waals surface area (Å²) in [6.45, 7) is 4.68. The highest BCUT2D eigenvalue weighted by molar-refractivity contribution is 5.98. The number of nitrogens with one attached hydrogen (secondary N) is 2. The van der Waals surface area contributed by atoms with Gasteiger partial charge in [0.05, 0.1) is 32.2 Å². The van der Waals surface area contributed by atoms with Crippen molar-refractivity contribution in [1.82, 2.24) is 19.8 Å². The largest absolute Gasteiger partial charge is 0.497 e. The van der Waals surface area contributed by atoms with E-state index < -0.39 is 29.4 Å². The Kier molecular flexibility index (Phi) is 9.74. The van der Waals surface area contributed by atoms with Crippen molar-refractivity contribution in [2.75, 3.05) is 32.1 Å². The van der Waals surface area contributed by atoms with Crippen LogP contribution in [-0.2, 0) is 25.7 Å². The van der Waals surface area contributed by atoms with Gasteiger partial charge in [0.25, 0.3) is 5.91 Å². The fourth-order valence-corrected chi connectivity index (χ4v) is 4.52. The molecule has 218 valence electrons. The first-order valence-corrected chi connectivity index (χ1v) is 13.6. The topological polar surface area (TPSA) is 141 Å². The maximum absolute atomic E-state index is 13.6. The molecule has 4 rings (SSSR count). The van der Waals surface area contributed by atoms with Crippen molar-refractivity contribution in [3.8, 4) is 5.75 Å². The van der Waals surface area contributed by atoms with Crippen molar-refractivity contribution >= 4 is 23.5 Å². The zero-order valence-corrected chi connectivity index (χ0v) is 23.7.